The molecule has 0 spiro atoms. The van der Waals surface area contributed by atoms with Crippen LogP contribution in [0.2, 0.25) is 0 Å². The second kappa shape index (κ2) is 18.1. The fraction of sp³-hybridized carbons (Fsp3) is 0.440. The van der Waals surface area contributed by atoms with Crippen LogP contribution in [-0.2, 0) is 37.3 Å². The van der Waals surface area contributed by atoms with Gasteiger partial charge in [-0.1, -0.05) is 145 Å². The van der Waals surface area contributed by atoms with Gasteiger partial charge in [-0.15, -0.1) is 0 Å². The van der Waals surface area contributed by atoms with E-state index in [0.29, 0.717) is 13.1 Å². The third-order valence-corrected chi connectivity index (χ3v) is 12.6. The fourth-order valence-corrected chi connectivity index (χ4v) is 9.64. The molecule has 3 fully saturated rings. The standard InChI is InChI=1S/C50H62N4O4/c1-6-8-10-12-14-16-39-18-26-43(27-19-39)49-50(44-28-20-40(21-29-44)17-15-13-11-9-7-2)53(36-41-22-30-45(57-4)31-23-41)47(55)51(49)34-38(3)35-52(49)48(56)54(50)37-42-24-32-46(58-5)33-25-42/h18-33H,3,6-17,34-37H2,1-2,4-5H3. The summed E-state index contributed by atoms with van der Waals surface area (Å²) in [6.07, 6.45) is 14.2. The van der Waals surface area contributed by atoms with Crippen molar-refractivity contribution in [2.75, 3.05) is 27.3 Å². The molecule has 8 heteroatoms. The molecule has 0 unspecified atom stereocenters. The molecule has 0 aromatic heterocycles. The van der Waals surface area contributed by atoms with Crippen LogP contribution in [0.5, 0.6) is 11.5 Å². The zero-order chi connectivity index (χ0) is 40.7. The molecule has 306 valence electrons. The van der Waals surface area contributed by atoms with E-state index in [9.17, 15) is 0 Å². The minimum Gasteiger partial charge on any atom is -0.497 e. The summed E-state index contributed by atoms with van der Waals surface area (Å²) >= 11 is 0. The number of methoxy groups -OCH3 is 2. The molecule has 3 aliphatic rings. The van der Waals surface area contributed by atoms with Gasteiger partial charge in [0, 0.05) is 24.2 Å². The summed E-state index contributed by atoms with van der Waals surface area (Å²) in [7, 11) is 3.32. The highest BCUT2D eigenvalue weighted by Gasteiger charge is 2.80. The first-order valence-electron chi connectivity index (χ1n) is 21.6. The predicted molar refractivity (Wildman–Crippen MR) is 232 cm³/mol. The molecule has 3 saturated heterocycles. The van der Waals surface area contributed by atoms with Gasteiger partial charge in [0.1, 0.15) is 11.5 Å². The molecule has 0 radical (unpaired) electrons. The largest absolute Gasteiger partial charge is 0.497 e. The third kappa shape index (κ3) is 7.46. The van der Waals surface area contributed by atoms with Crippen LogP contribution in [0.3, 0.4) is 0 Å². The van der Waals surface area contributed by atoms with Crippen LogP contribution in [0.1, 0.15) is 111 Å². The second-order valence-corrected chi connectivity index (χ2v) is 16.4. The van der Waals surface area contributed by atoms with Gasteiger partial charge in [-0.2, -0.15) is 0 Å². The molecule has 3 aliphatic heterocycles. The lowest BCUT2D eigenvalue weighted by Crippen LogP contribution is -2.65. The van der Waals surface area contributed by atoms with Crippen molar-refractivity contribution in [2.45, 2.75) is 115 Å². The molecule has 58 heavy (non-hydrogen) atoms. The Balaban J connectivity index is 1.41. The van der Waals surface area contributed by atoms with Crippen molar-refractivity contribution in [3.8, 4) is 11.5 Å². The zero-order valence-corrected chi connectivity index (χ0v) is 35.2. The molecule has 4 amide bonds. The summed E-state index contributed by atoms with van der Waals surface area (Å²) in [5.74, 6) is 1.49. The number of ether oxygens (including phenoxy) is 2. The normalized spacial score (nSPS) is 20.0. The summed E-state index contributed by atoms with van der Waals surface area (Å²) in [5.41, 5.74) is 4.62. The van der Waals surface area contributed by atoms with Crippen molar-refractivity contribution in [3.63, 3.8) is 0 Å². The first-order chi connectivity index (χ1) is 28.3. The number of nitrogens with zero attached hydrogens (tertiary/aromatic N) is 4. The smallest absolute Gasteiger partial charge is 0.325 e. The van der Waals surface area contributed by atoms with E-state index in [1.165, 1.54) is 62.5 Å². The summed E-state index contributed by atoms with van der Waals surface area (Å²) in [6.45, 7) is 10.2. The summed E-state index contributed by atoms with van der Waals surface area (Å²) in [5, 5.41) is 0. The summed E-state index contributed by atoms with van der Waals surface area (Å²) in [6, 6.07) is 33.2. The summed E-state index contributed by atoms with van der Waals surface area (Å²) in [4.78, 5) is 38.9. The minimum absolute atomic E-state index is 0.131. The molecule has 3 heterocycles. The number of benzene rings is 4. The number of aryl methyl sites for hydroxylation is 2. The molecule has 0 N–H and O–H groups in total. The molecule has 7 rings (SSSR count). The highest BCUT2D eigenvalue weighted by atomic mass is 16.5. The first-order valence-corrected chi connectivity index (χ1v) is 21.6. The lowest BCUT2D eigenvalue weighted by Gasteiger charge is -2.52. The lowest BCUT2D eigenvalue weighted by molar-refractivity contribution is -0.0852. The van der Waals surface area contributed by atoms with E-state index in [1.54, 1.807) is 14.2 Å². The van der Waals surface area contributed by atoms with E-state index in [2.05, 4.69) is 69.0 Å². The number of carbonyl (C=O) groups is 2. The first kappa shape index (κ1) is 40.9. The van der Waals surface area contributed by atoms with E-state index < -0.39 is 11.3 Å². The van der Waals surface area contributed by atoms with Crippen molar-refractivity contribution in [3.05, 3.63) is 143 Å². The van der Waals surface area contributed by atoms with Crippen LogP contribution >= 0.6 is 0 Å². The Morgan fingerprint density at radius 1 is 0.500 bits per heavy atom. The van der Waals surface area contributed by atoms with Gasteiger partial charge in [-0.25, -0.2) is 9.59 Å². The minimum atomic E-state index is -1.26. The molecule has 0 atom stereocenters. The van der Waals surface area contributed by atoms with Gasteiger partial charge < -0.3 is 9.47 Å². The maximum Gasteiger partial charge on any atom is 0.325 e. The van der Waals surface area contributed by atoms with Gasteiger partial charge in [0.15, 0.2) is 11.3 Å². The second-order valence-electron chi connectivity index (χ2n) is 16.4. The van der Waals surface area contributed by atoms with Gasteiger partial charge in [0.25, 0.3) is 0 Å². The van der Waals surface area contributed by atoms with E-state index >= 15 is 9.59 Å². The number of amides is 4. The van der Waals surface area contributed by atoms with E-state index in [-0.39, 0.29) is 25.2 Å². The molecule has 8 nitrogen and oxygen atoms in total. The Kier molecular flexibility index (Phi) is 12.8. The van der Waals surface area contributed by atoms with Gasteiger partial charge in [-0.05, 0) is 77.8 Å². The molecular formula is C50H62N4O4. The Labute approximate surface area is 346 Å². The van der Waals surface area contributed by atoms with Crippen LogP contribution in [-0.4, -0.2) is 59.0 Å². The third-order valence-electron chi connectivity index (χ3n) is 12.6. The number of unbranched alkanes of at least 4 members (excludes halogenated alkanes) is 8. The SMILES string of the molecule is C=C1CN2C(=O)N(Cc3ccc(OC)cc3)C3(c4ccc(CCCCCCC)cc4)N(Cc4ccc(OC)cc4)C(=O)N(C1)C23c1ccc(CCCCCCC)cc1. The van der Waals surface area contributed by atoms with E-state index in [0.717, 1.165) is 65.0 Å². The highest BCUT2D eigenvalue weighted by Crippen LogP contribution is 2.64. The Morgan fingerprint density at radius 3 is 1.24 bits per heavy atom. The zero-order valence-electron chi connectivity index (χ0n) is 35.2. The van der Waals surface area contributed by atoms with Gasteiger partial charge in [-0.3, -0.25) is 19.6 Å². The Morgan fingerprint density at radius 2 is 0.862 bits per heavy atom. The molecule has 4 aromatic carbocycles. The van der Waals surface area contributed by atoms with Gasteiger partial charge >= 0.3 is 12.1 Å². The number of carbonyl (C=O) groups excluding carboxylic acids is 2. The van der Waals surface area contributed by atoms with Crippen LogP contribution in [0.4, 0.5) is 9.59 Å². The van der Waals surface area contributed by atoms with Crippen LogP contribution in [0.15, 0.2) is 109 Å². The van der Waals surface area contributed by atoms with Crippen LogP contribution in [0, 0.1) is 0 Å². The van der Waals surface area contributed by atoms with Crippen molar-refractivity contribution in [1.82, 2.24) is 19.6 Å². The predicted octanol–water partition coefficient (Wildman–Crippen LogP) is 11.2. The quantitative estimate of drug-likeness (QED) is 0.0661. The lowest BCUT2D eigenvalue weighted by atomic mass is 9.77. The van der Waals surface area contributed by atoms with Crippen molar-refractivity contribution < 1.29 is 19.1 Å². The van der Waals surface area contributed by atoms with Crippen molar-refractivity contribution in [2.24, 2.45) is 0 Å². The van der Waals surface area contributed by atoms with E-state index in [4.69, 9.17) is 9.47 Å². The molecule has 0 aliphatic carbocycles. The number of hydrogen-bond acceptors (Lipinski definition) is 4. The van der Waals surface area contributed by atoms with Gasteiger partial charge in [0.2, 0.25) is 0 Å². The van der Waals surface area contributed by atoms with Crippen molar-refractivity contribution >= 4 is 12.1 Å². The molecule has 0 saturated carbocycles. The van der Waals surface area contributed by atoms with Gasteiger partial charge in [0.05, 0.1) is 27.3 Å². The van der Waals surface area contributed by atoms with E-state index in [1.807, 2.05) is 68.1 Å². The monoisotopic (exact) mass is 782 g/mol. The molecular weight excluding hydrogens is 721 g/mol. The average molecular weight is 783 g/mol. The highest BCUT2D eigenvalue weighted by molar-refractivity contribution is 5.91. The number of rotatable bonds is 20. The Hall–Kier alpha value is -5.24. The maximum absolute atomic E-state index is 15.5. The number of urea groups is 2. The molecule has 4 aromatic rings. The number of hydrogen-bond donors (Lipinski definition) is 0. The van der Waals surface area contributed by atoms with Crippen molar-refractivity contribution in [1.29, 1.82) is 0 Å². The van der Waals surface area contributed by atoms with Crippen LogP contribution in [0.25, 0.3) is 0 Å². The Bertz CT molecular complexity index is 1930. The summed E-state index contributed by atoms with van der Waals surface area (Å²) < 4.78 is 11.0. The maximum atomic E-state index is 15.5. The van der Waals surface area contributed by atoms with Crippen LogP contribution < -0.4 is 9.47 Å². The fourth-order valence-electron chi connectivity index (χ4n) is 9.64. The topological polar surface area (TPSA) is 65.6 Å². The molecule has 0 bridgehead atoms. The average Bonchev–Trinajstić information content (AvgIpc) is 3.60.